The lowest BCUT2D eigenvalue weighted by Crippen LogP contribution is -2.20. The van der Waals surface area contributed by atoms with Gasteiger partial charge in [0.2, 0.25) is 0 Å². The second-order valence-electron chi connectivity index (χ2n) is 6.90. The third-order valence-electron chi connectivity index (χ3n) is 5.29. The van der Waals surface area contributed by atoms with E-state index >= 15 is 0 Å². The largest absolute Gasteiger partial charge is 0.299 e. The maximum Gasteiger partial charge on any atom is 0.0239 e. The molecule has 2 saturated heterocycles. The van der Waals surface area contributed by atoms with Crippen molar-refractivity contribution in [3.8, 4) is 0 Å². The van der Waals surface area contributed by atoms with E-state index in [1.165, 1.54) is 73.8 Å². The summed E-state index contributed by atoms with van der Waals surface area (Å²) in [5, 5.41) is 2.93. The summed E-state index contributed by atoms with van der Waals surface area (Å²) in [7, 11) is 0. The maximum absolute atomic E-state index is 2.60. The quantitative estimate of drug-likeness (QED) is 0.840. The van der Waals surface area contributed by atoms with Gasteiger partial charge in [0.15, 0.2) is 0 Å². The molecule has 116 valence electrons. The lowest BCUT2D eigenvalue weighted by molar-refractivity contribution is 0.330. The van der Waals surface area contributed by atoms with Gasteiger partial charge in [-0.2, -0.15) is 0 Å². The molecule has 0 aromatic heterocycles. The molecule has 0 atom stereocenters. The fourth-order valence-corrected chi connectivity index (χ4v) is 4.06. The van der Waals surface area contributed by atoms with Gasteiger partial charge in [-0.25, -0.2) is 0 Å². The topological polar surface area (TPSA) is 6.48 Å². The smallest absolute Gasteiger partial charge is 0.0239 e. The fourth-order valence-electron chi connectivity index (χ4n) is 4.06. The zero-order valence-electron chi connectivity index (χ0n) is 13.4. The number of hydrogen-bond donors (Lipinski definition) is 0. The minimum atomic E-state index is 1.12. The van der Waals surface area contributed by atoms with Crippen molar-refractivity contribution in [2.45, 2.75) is 38.8 Å². The maximum atomic E-state index is 2.60. The Hall–Kier alpha value is -1.38. The van der Waals surface area contributed by atoms with Gasteiger partial charge < -0.3 is 0 Å². The van der Waals surface area contributed by atoms with Crippen LogP contribution < -0.4 is 0 Å². The number of nitrogens with zero attached hydrogens (tertiary/aromatic N) is 2. The second-order valence-corrected chi connectivity index (χ2v) is 6.90. The van der Waals surface area contributed by atoms with Crippen LogP contribution in [0.1, 0.15) is 36.8 Å². The van der Waals surface area contributed by atoms with Gasteiger partial charge in [0.1, 0.15) is 0 Å². The molecule has 0 bridgehead atoms. The van der Waals surface area contributed by atoms with Crippen LogP contribution in [0.5, 0.6) is 0 Å². The molecular weight excluding hydrogens is 268 g/mol. The predicted molar refractivity (Wildman–Crippen MR) is 93.0 cm³/mol. The van der Waals surface area contributed by atoms with Gasteiger partial charge in [-0.15, -0.1) is 0 Å². The third kappa shape index (κ3) is 2.90. The van der Waals surface area contributed by atoms with Crippen molar-refractivity contribution in [1.82, 2.24) is 9.80 Å². The van der Waals surface area contributed by atoms with Crippen molar-refractivity contribution in [2.24, 2.45) is 0 Å². The summed E-state index contributed by atoms with van der Waals surface area (Å²) in [5.74, 6) is 0. The normalized spacial score (nSPS) is 20.2. The lowest BCUT2D eigenvalue weighted by Gasteiger charge is -2.20. The first-order valence-corrected chi connectivity index (χ1v) is 8.84. The molecule has 4 rings (SSSR count). The summed E-state index contributed by atoms with van der Waals surface area (Å²) in [6.07, 6.45) is 5.46. The monoisotopic (exact) mass is 294 g/mol. The standard InChI is InChI=1S/C20H26N2/c1-2-8-20-18(16-22-13-5-6-14-22)10-9-17(19(20)7-1)15-21-11-3-4-12-21/h1-2,7-10H,3-6,11-16H2. The Bertz CT molecular complexity index is 581. The van der Waals surface area contributed by atoms with Gasteiger partial charge in [0.25, 0.3) is 0 Å². The van der Waals surface area contributed by atoms with E-state index in [0.29, 0.717) is 0 Å². The Balaban J connectivity index is 1.64. The summed E-state index contributed by atoms with van der Waals surface area (Å²) in [5.41, 5.74) is 3.00. The first kappa shape index (κ1) is 14.2. The molecule has 2 aliphatic heterocycles. The van der Waals surface area contributed by atoms with Crippen LogP contribution in [0.3, 0.4) is 0 Å². The van der Waals surface area contributed by atoms with Crippen LogP contribution in [0.15, 0.2) is 36.4 Å². The second kappa shape index (κ2) is 6.39. The zero-order chi connectivity index (χ0) is 14.8. The van der Waals surface area contributed by atoms with Crippen molar-refractivity contribution >= 4 is 10.8 Å². The number of benzene rings is 2. The molecule has 2 heterocycles. The molecule has 0 N–H and O–H groups in total. The van der Waals surface area contributed by atoms with Crippen molar-refractivity contribution < 1.29 is 0 Å². The number of fused-ring (bicyclic) bond motifs is 1. The Kier molecular flexibility index (Phi) is 4.13. The first-order valence-electron chi connectivity index (χ1n) is 8.84. The van der Waals surface area contributed by atoms with Crippen LogP contribution >= 0.6 is 0 Å². The molecule has 2 aromatic carbocycles. The summed E-state index contributed by atoms with van der Waals surface area (Å²) in [6, 6.07) is 13.8. The lowest BCUT2D eigenvalue weighted by atomic mass is 9.99. The summed E-state index contributed by atoms with van der Waals surface area (Å²) in [4.78, 5) is 5.20. The molecule has 0 unspecified atom stereocenters. The highest BCUT2D eigenvalue weighted by molar-refractivity contribution is 5.88. The average Bonchev–Trinajstić information content (AvgIpc) is 3.23. The minimum Gasteiger partial charge on any atom is -0.299 e. The van der Waals surface area contributed by atoms with E-state index in [9.17, 15) is 0 Å². The molecule has 0 spiro atoms. The Morgan fingerprint density at radius 2 is 1.00 bits per heavy atom. The van der Waals surface area contributed by atoms with E-state index in [-0.39, 0.29) is 0 Å². The molecule has 2 fully saturated rings. The predicted octanol–water partition coefficient (Wildman–Crippen LogP) is 4.03. The number of hydrogen-bond acceptors (Lipinski definition) is 2. The van der Waals surface area contributed by atoms with Crippen LogP contribution in [-0.4, -0.2) is 36.0 Å². The molecule has 0 amide bonds. The van der Waals surface area contributed by atoms with E-state index in [1.807, 2.05) is 0 Å². The molecule has 0 aliphatic carbocycles. The summed E-state index contributed by atoms with van der Waals surface area (Å²) >= 11 is 0. The first-order chi connectivity index (χ1) is 10.9. The number of likely N-dealkylation sites (tertiary alicyclic amines) is 2. The molecule has 2 heteroatoms. The zero-order valence-corrected chi connectivity index (χ0v) is 13.4. The number of rotatable bonds is 4. The summed E-state index contributed by atoms with van der Waals surface area (Å²) < 4.78 is 0. The van der Waals surface area contributed by atoms with Gasteiger partial charge in [0, 0.05) is 13.1 Å². The van der Waals surface area contributed by atoms with Gasteiger partial charge in [-0.05, 0) is 73.8 Å². The van der Waals surface area contributed by atoms with Crippen LogP contribution in [0.4, 0.5) is 0 Å². The molecule has 0 saturated carbocycles. The van der Waals surface area contributed by atoms with Gasteiger partial charge in [0.05, 0.1) is 0 Å². The summed E-state index contributed by atoms with van der Waals surface area (Å²) in [6.45, 7) is 7.30. The van der Waals surface area contributed by atoms with Gasteiger partial charge in [-0.1, -0.05) is 36.4 Å². The van der Waals surface area contributed by atoms with Crippen molar-refractivity contribution in [1.29, 1.82) is 0 Å². The van der Waals surface area contributed by atoms with Crippen LogP contribution in [0.2, 0.25) is 0 Å². The van der Waals surface area contributed by atoms with E-state index in [0.717, 1.165) is 13.1 Å². The van der Waals surface area contributed by atoms with Gasteiger partial charge >= 0.3 is 0 Å². The fraction of sp³-hybridized carbons (Fsp3) is 0.500. The molecule has 2 nitrogen and oxygen atoms in total. The third-order valence-corrected chi connectivity index (χ3v) is 5.29. The molecular formula is C20H26N2. The highest BCUT2D eigenvalue weighted by Gasteiger charge is 2.16. The minimum absolute atomic E-state index is 1.12. The Morgan fingerprint density at radius 3 is 1.41 bits per heavy atom. The van der Waals surface area contributed by atoms with Crippen molar-refractivity contribution in [3.05, 3.63) is 47.5 Å². The van der Waals surface area contributed by atoms with Crippen LogP contribution in [-0.2, 0) is 13.1 Å². The highest BCUT2D eigenvalue weighted by atomic mass is 15.1. The van der Waals surface area contributed by atoms with E-state index < -0.39 is 0 Å². The van der Waals surface area contributed by atoms with E-state index in [1.54, 1.807) is 0 Å². The van der Waals surface area contributed by atoms with Crippen molar-refractivity contribution in [2.75, 3.05) is 26.2 Å². The van der Waals surface area contributed by atoms with Crippen molar-refractivity contribution in [3.63, 3.8) is 0 Å². The van der Waals surface area contributed by atoms with Gasteiger partial charge in [-0.3, -0.25) is 9.80 Å². The van der Waals surface area contributed by atoms with Crippen LogP contribution in [0.25, 0.3) is 10.8 Å². The van der Waals surface area contributed by atoms with Crippen LogP contribution in [0, 0.1) is 0 Å². The Labute approximate surface area is 133 Å². The average molecular weight is 294 g/mol. The molecule has 0 radical (unpaired) electrons. The van der Waals surface area contributed by atoms with E-state index in [4.69, 9.17) is 0 Å². The molecule has 2 aromatic rings. The van der Waals surface area contributed by atoms with E-state index in [2.05, 4.69) is 46.2 Å². The SMILES string of the molecule is c1ccc2c(CN3CCCC3)ccc(CN3CCCC3)c2c1. The Morgan fingerprint density at radius 1 is 0.591 bits per heavy atom. The molecule has 22 heavy (non-hydrogen) atoms. The highest BCUT2D eigenvalue weighted by Crippen LogP contribution is 2.26. The molecule has 2 aliphatic rings.